The van der Waals surface area contributed by atoms with Crippen LogP contribution in [0, 0.1) is 0 Å². The molecule has 0 heterocycles. The predicted molar refractivity (Wildman–Crippen MR) is 76.1 cm³/mol. The van der Waals surface area contributed by atoms with E-state index in [9.17, 15) is 27.9 Å². The Morgan fingerprint density at radius 2 is 1.96 bits per heavy atom. The molecule has 1 aromatic carbocycles. The maximum absolute atomic E-state index is 12.5. The van der Waals surface area contributed by atoms with E-state index < -0.39 is 24.0 Å². The Hall–Kier alpha value is -2.49. The number of ether oxygens (including phenoxy) is 1. The highest BCUT2D eigenvalue weighted by Gasteiger charge is 2.41. The van der Waals surface area contributed by atoms with E-state index in [1.165, 1.54) is 32.4 Å². The quantitative estimate of drug-likeness (QED) is 0.748. The van der Waals surface area contributed by atoms with Crippen molar-refractivity contribution in [3.8, 4) is 11.5 Å². The number of hydrogen-bond acceptors (Lipinski definition) is 5. The SMILES string of the molecule is COc1cc(O)ccc1CC(NC(=O)C(F)(F)F)C(=O)N(C)OC. The van der Waals surface area contributed by atoms with Gasteiger partial charge in [-0.15, -0.1) is 0 Å². The number of halogens is 3. The zero-order chi connectivity index (χ0) is 18.5. The van der Waals surface area contributed by atoms with Crippen LogP contribution in [0.25, 0.3) is 0 Å². The van der Waals surface area contributed by atoms with Gasteiger partial charge in [-0.25, -0.2) is 5.06 Å². The first-order valence-electron chi connectivity index (χ1n) is 6.65. The molecule has 0 aliphatic carbocycles. The molecule has 134 valence electrons. The van der Waals surface area contributed by atoms with Crippen molar-refractivity contribution >= 4 is 11.8 Å². The summed E-state index contributed by atoms with van der Waals surface area (Å²) in [6, 6.07) is 2.36. The molecule has 1 rings (SSSR count). The van der Waals surface area contributed by atoms with Gasteiger partial charge in [0.1, 0.15) is 17.5 Å². The number of methoxy groups -OCH3 is 1. The molecule has 10 heteroatoms. The van der Waals surface area contributed by atoms with Crippen LogP contribution in [0.3, 0.4) is 0 Å². The van der Waals surface area contributed by atoms with E-state index >= 15 is 0 Å². The van der Waals surface area contributed by atoms with Crippen molar-refractivity contribution in [2.75, 3.05) is 21.3 Å². The number of nitrogens with zero attached hydrogens (tertiary/aromatic N) is 1. The normalized spacial score (nSPS) is 12.4. The van der Waals surface area contributed by atoms with Crippen LogP contribution < -0.4 is 10.1 Å². The number of likely N-dealkylation sites (N-methyl/N-ethyl adjacent to an activating group) is 1. The van der Waals surface area contributed by atoms with Crippen LogP contribution in [0.4, 0.5) is 13.2 Å². The molecular formula is C14H17F3N2O5. The largest absolute Gasteiger partial charge is 0.508 e. The third-order valence-electron chi connectivity index (χ3n) is 3.14. The second-order valence-corrected chi connectivity index (χ2v) is 4.74. The molecular weight excluding hydrogens is 333 g/mol. The molecule has 1 aromatic rings. The van der Waals surface area contributed by atoms with Crippen molar-refractivity contribution in [1.29, 1.82) is 0 Å². The molecule has 2 N–H and O–H groups in total. The predicted octanol–water partition coefficient (Wildman–Crippen LogP) is 1.01. The number of benzene rings is 1. The van der Waals surface area contributed by atoms with Crippen molar-refractivity contribution in [2.45, 2.75) is 18.6 Å². The van der Waals surface area contributed by atoms with E-state index in [4.69, 9.17) is 4.74 Å². The number of alkyl halides is 3. The van der Waals surface area contributed by atoms with Gasteiger partial charge >= 0.3 is 12.1 Å². The van der Waals surface area contributed by atoms with Crippen molar-refractivity contribution in [3.63, 3.8) is 0 Å². The first-order chi connectivity index (χ1) is 11.1. The molecule has 0 aromatic heterocycles. The molecule has 0 aliphatic rings. The van der Waals surface area contributed by atoms with Crippen LogP contribution in [0.1, 0.15) is 5.56 Å². The van der Waals surface area contributed by atoms with Gasteiger partial charge < -0.3 is 15.2 Å². The maximum atomic E-state index is 12.5. The molecule has 1 atom stereocenters. The molecule has 1 unspecified atom stereocenters. The molecule has 0 bridgehead atoms. The van der Waals surface area contributed by atoms with Gasteiger partial charge in [0.05, 0.1) is 14.2 Å². The first kappa shape index (κ1) is 19.6. The Kier molecular flexibility index (Phi) is 6.41. The molecule has 0 aliphatic heterocycles. The summed E-state index contributed by atoms with van der Waals surface area (Å²) in [5, 5.41) is 11.7. The second kappa shape index (κ2) is 7.86. The number of phenols is 1. The van der Waals surface area contributed by atoms with Gasteiger partial charge in [0.15, 0.2) is 0 Å². The second-order valence-electron chi connectivity index (χ2n) is 4.74. The minimum Gasteiger partial charge on any atom is -0.508 e. The summed E-state index contributed by atoms with van der Waals surface area (Å²) in [5.74, 6) is -3.09. The van der Waals surface area contributed by atoms with Crippen molar-refractivity contribution in [2.24, 2.45) is 0 Å². The number of carbonyl (C=O) groups excluding carboxylic acids is 2. The van der Waals surface area contributed by atoms with Crippen LogP contribution in [-0.2, 0) is 20.8 Å². The fraction of sp³-hybridized carbons (Fsp3) is 0.429. The van der Waals surface area contributed by atoms with Gasteiger partial charge in [0.2, 0.25) is 0 Å². The summed E-state index contributed by atoms with van der Waals surface area (Å²) in [5.41, 5.74) is 0.320. The van der Waals surface area contributed by atoms with Gasteiger partial charge in [-0.1, -0.05) is 6.07 Å². The number of rotatable bonds is 6. The first-order valence-corrected chi connectivity index (χ1v) is 6.65. The van der Waals surface area contributed by atoms with Gasteiger partial charge in [0, 0.05) is 19.5 Å². The van der Waals surface area contributed by atoms with Crippen LogP contribution in [-0.4, -0.2) is 55.5 Å². The smallest absolute Gasteiger partial charge is 0.471 e. The van der Waals surface area contributed by atoms with Crippen LogP contribution in [0.15, 0.2) is 18.2 Å². The standard InChI is InChI=1S/C14H17F3N2O5/c1-19(24-3)12(21)10(18-13(22)14(15,16)17)6-8-4-5-9(20)7-11(8)23-2/h4-5,7,10,20H,6H2,1-3H3,(H,18,22). The fourth-order valence-corrected chi connectivity index (χ4v) is 1.87. The van der Waals surface area contributed by atoms with E-state index in [1.54, 1.807) is 5.32 Å². The zero-order valence-electron chi connectivity index (χ0n) is 13.2. The van der Waals surface area contributed by atoms with E-state index in [1.807, 2.05) is 0 Å². The molecule has 0 radical (unpaired) electrons. The van der Waals surface area contributed by atoms with Crippen molar-refractivity contribution in [1.82, 2.24) is 10.4 Å². The average molecular weight is 350 g/mol. The number of hydroxylamine groups is 2. The molecule has 24 heavy (non-hydrogen) atoms. The Balaban J connectivity index is 3.10. The van der Waals surface area contributed by atoms with Gasteiger partial charge in [-0.2, -0.15) is 13.2 Å². The molecule has 0 saturated carbocycles. The number of nitrogens with one attached hydrogen (secondary N) is 1. The lowest BCUT2D eigenvalue weighted by molar-refractivity contribution is -0.180. The lowest BCUT2D eigenvalue weighted by Gasteiger charge is -2.24. The van der Waals surface area contributed by atoms with Gasteiger partial charge in [0.25, 0.3) is 5.91 Å². The van der Waals surface area contributed by atoms with Crippen LogP contribution in [0.2, 0.25) is 0 Å². The summed E-state index contributed by atoms with van der Waals surface area (Å²) in [7, 11) is 3.65. The van der Waals surface area contributed by atoms with E-state index in [0.717, 1.165) is 7.11 Å². The zero-order valence-corrected chi connectivity index (χ0v) is 13.2. The fourth-order valence-electron chi connectivity index (χ4n) is 1.87. The van der Waals surface area contributed by atoms with E-state index in [2.05, 4.69) is 4.84 Å². The summed E-state index contributed by atoms with van der Waals surface area (Å²) in [6.45, 7) is 0. The molecule has 0 fully saturated rings. The van der Waals surface area contributed by atoms with Crippen molar-refractivity contribution < 1.29 is 37.4 Å². The molecule has 0 saturated heterocycles. The summed E-state index contributed by atoms with van der Waals surface area (Å²) >= 11 is 0. The third-order valence-corrected chi connectivity index (χ3v) is 3.14. The van der Waals surface area contributed by atoms with Gasteiger partial charge in [-0.3, -0.25) is 14.4 Å². The van der Waals surface area contributed by atoms with E-state index in [0.29, 0.717) is 10.6 Å². The Labute approximate surface area is 135 Å². The number of aromatic hydroxyl groups is 1. The average Bonchev–Trinajstić information content (AvgIpc) is 2.52. The maximum Gasteiger partial charge on any atom is 0.471 e. The molecule has 7 nitrogen and oxygen atoms in total. The lowest BCUT2D eigenvalue weighted by Crippen LogP contribution is -2.51. The summed E-state index contributed by atoms with van der Waals surface area (Å²) < 4.78 is 42.4. The van der Waals surface area contributed by atoms with Gasteiger partial charge in [-0.05, 0) is 11.6 Å². The number of phenolic OH excluding ortho intramolecular Hbond substituents is 1. The monoisotopic (exact) mass is 350 g/mol. The number of amides is 2. The highest BCUT2D eigenvalue weighted by atomic mass is 19.4. The van der Waals surface area contributed by atoms with Crippen LogP contribution in [0.5, 0.6) is 11.5 Å². The topological polar surface area (TPSA) is 88.1 Å². The highest BCUT2D eigenvalue weighted by molar-refractivity contribution is 5.89. The third kappa shape index (κ3) is 5.01. The summed E-state index contributed by atoms with van der Waals surface area (Å²) in [6.07, 6.45) is -5.43. The van der Waals surface area contributed by atoms with Crippen molar-refractivity contribution in [3.05, 3.63) is 23.8 Å². The summed E-state index contributed by atoms with van der Waals surface area (Å²) in [4.78, 5) is 28.0. The number of carbonyl (C=O) groups is 2. The molecule has 0 spiro atoms. The minimum atomic E-state index is -5.14. The highest BCUT2D eigenvalue weighted by Crippen LogP contribution is 2.25. The lowest BCUT2D eigenvalue weighted by atomic mass is 10.0. The Bertz CT molecular complexity index is 607. The minimum absolute atomic E-state index is 0.119. The Morgan fingerprint density at radius 1 is 1.33 bits per heavy atom. The van der Waals surface area contributed by atoms with Crippen LogP contribution >= 0.6 is 0 Å². The molecule has 2 amide bonds. The number of hydrogen-bond donors (Lipinski definition) is 2. The Morgan fingerprint density at radius 3 is 2.46 bits per heavy atom. The van der Waals surface area contributed by atoms with E-state index in [-0.39, 0.29) is 17.9 Å².